The van der Waals surface area contributed by atoms with Crippen molar-refractivity contribution < 1.29 is 4.79 Å². The second kappa shape index (κ2) is 5.87. The molecule has 0 fully saturated rings. The summed E-state index contributed by atoms with van der Waals surface area (Å²) < 4.78 is 0. The number of carbonyl (C=O) groups is 1. The van der Waals surface area contributed by atoms with Gasteiger partial charge in [0, 0.05) is 12.1 Å². The Bertz CT molecular complexity index is 548. The molecule has 2 aromatic rings. The highest BCUT2D eigenvalue weighted by Crippen LogP contribution is 2.18. The summed E-state index contributed by atoms with van der Waals surface area (Å²) in [6.45, 7) is 2.50. The molecule has 18 heavy (non-hydrogen) atoms. The molecule has 0 aliphatic carbocycles. The summed E-state index contributed by atoms with van der Waals surface area (Å²) in [6, 6.07) is 13.6. The highest BCUT2D eigenvalue weighted by molar-refractivity contribution is 6.21. The number of amides is 1. The first-order valence-corrected chi connectivity index (χ1v) is 6.56. The van der Waals surface area contributed by atoms with Crippen LogP contribution in [0.5, 0.6) is 0 Å². The summed E-state index contributed by atoms with van der Waals surface area (Å²) >= 11 is 6.00. The minimum Gasteiger partial charge on any atom is -0.351 e. The van der Waals surface area contributed by atoms with Gasteiger partial charge in [0.05, 0.1) is 5.38 Å². The molecule has 3 heteroatoms. The van der Waals surface area contributed by atoms with E-state index in [4.69, 9.17) is 11.6 Å². The molecule has 1 atom stereocenters. The molecule has 0 heterocycles. The average Bonchev–Trinajstić information content (AvgIpc) is 2.43. The van der Waals surface area contributed by atoms with Gasteiger partial charge in [0.25, 0.3) is 5.91 Å². The molecular weight excluding hydrogens is 246 g/mol. The van der Waals surface area contributed by atoms with Gasteiger partial charge in [-0.15, -0.1) is 11.6 Å². The number of benzene rings is 2. The van der Waals surface area contributed by atoms with Crippen molar-refractivity contribution in [2.45, 2.75) is 18.7 Å². The Labute approximate surface area is 112 Å². The SMILES string of the molecule is CCC(Cl)CNC(=O)c1cccc2ccccc12. The van der Waals surface area contributed by atoms with Gasteiger partial charge in [-0.25, -0.2) is 0 Å². The van der Waals surface area contributed by atoms with Crippen LogP contribution in [0, 0.1) is 0 Å². The number of hydrogen-bond donors (Lipinski definition) is 1. The van der Waals surface area contributed by atoms with Gasteiger partial charge in [-0.2, -0.15) is 0 Å². The minimum absolute atomic E-state index is 0.0103. The molecule has 0 aliphatic heterocycles. The molecule has 2 rings (SSSR count). The second-order valence-electron chi connectivity index (χ2n) is 4.24. The molecule has 0 aliphatic rings. The second-order valence-corrected chi connectivity index (χ2v) is 4.86. The molecule has 2 nitrogen and oxygen atoms in total. The zero-order valence-corrected chi connectivity index (χ0v) is 11.1. The quantitative estimate of drug-likeness (QED) is 0.838. The Morgan fingerprint density at radius 3 is 2.72 bits per heavy atom. The summed E-state index contributed by atoms with van der Waals surface area (Å²) in [5, 5.41) is 4.91. The molecule has 94 valence electrons. The van der Waals surface area contributed by atoms with E-state index in [1.165, 1.54) is 0 Å². The Morgan fingerprint density at radius 1 is 1.22 bits per heavy atom. The van der Waals surface area contributed by atoms with Crippen molar-refractivity contribution in [2.24, 2.45) is 0 Å². The standard InChI is InChI=1S/C15H16ClNO/c1-2-12(16)10-17-15(18)14-9-5-7-11-6-3-4-8-13(11)14/h3-9,12H,2,10H2,1H3,(H,17,18). The monoisotopic (exact) mass is 261 g/mol. The number of halogens is 1. The van der Waals surface area contributed by atoms with Crippen LogP contribution in [0.15, 0.2) is 42.5 Å². The van der Waals surface area contributed by atoms with Crippen LogP contribution < -0.4 is 5.32 Å². The fourth-order valence-corrected chi connectivity index (χ4v) is 1.94. The Morgan fingerprint density at radius 2 is 1.94 bits per heavy atom. The highest BCUT2D eigenvalue weighted by atomic mass is 35.5. The maximum atomic E-state index is 12.1. The van der Waals surface area contributed by atoms with E-state index in [0.717, 1.165) is 17.2 Å². The first-order chi connectivity index (χ1) is 8.72. The number of nitrogens with one attached hydrogen (secondary N) is 1. The average molecular weight is 262 g/mol. The summed E-state index contributed by atoms with van der Waals surface area (Å²) in [7, 11) is 0. The lowest BCUT2D eigenvalue weighted by atomic mass is 10.0. The molecule has 0 aromatic heterocycles. The lowest BCUT2D eigenvalue weighted by molar-refractivity contribution is 0.0955. The zero-order valence-electron chi connectivity index (χ0n) is 10.3. The summed E-state index contributed by atoms with van der Waals surface area (Å²) in [5.41, 5.74) is 0.702. The van der Waals surface area contributed by atoms with Gasteiger partial charge < -0.3 is 5.32 Å². The normalized spacial score (nSPS) is 12.3. The number of rotatable bonds is 4. The Hall–Kier alpha value is -1.54. The van der Waals surface area contributed by atoms with Crippen LogP contribution in [0.2, 0.25) is 0 Å². The first-order valence-electron chi connectivity index (χ1n) is 6.12. The van der Waals surface area contributed by atoms with Crippen LogP contribution in [0.25, 0.3) is 10.8 Å². The maximum Gasteiger partial charge on any atom is 0.251 e. The van der Waals surface area contributed by atoms with Crippen molar-refractivity contribution in [1.82, 2.24) is 5.32 Å². The number of carbonyl (C=O) groups excluding carboxylic acids is 1. The Balaban J connectivity index is 2.22. The van der Waals surface area contributed by atoms with Gasteiger partial charge in [-0.05, 0) is 23.3 Å². The summed E-state index contributed by atoms with van der Waals surface area (Å²) in [6.07, 6.45) is 0.845. The van der Waals surface area contributed by atoms with E-state index < -0.39 is 0 Å². The van der Waals surface area contributed by atoms with Crippen molar-refractivity contribution in [1.29, 1.82) is 0 Å². The third kappa shape index (κ3) is 2.82. The number of hydrogen-bond acceptors (Lipinski definition) is 1. The van der Waals surface area contributed by atoms with Crippen molar-refractivity contribution in [2.75, 3.05) is 6.54 Å². The smallest absolute Gasteiger partial charge is 0.251 e. The molecule has 0 bridgehead atoms. The van der Waals surface area contributed by atoms with E-state index in [-0.39, 0.29) is 11.3 Å². The van der Waals surface area contributed by atoms with E-state index >= 15 is 0 Å². The van der Waals surface area contributed by atoms with E-state index in [0.29, 0.717) is 12.1 Å². The summed E-state index contributed by atoms with van der Waals surface area (Å²) in [4.78, 5) is 12.1. The molecule has 0 spiro atoms. The molecule has 0 saturated heterocycles. The van der Waals surface area contributed by atoms with Crippen LogP contribution in [-0.2, 0) is 0 Å². The Kier molecular flexibility index (Phi) is 4.21. The molecule has 2 aromatic carbocycles. The number of fused-ring (bicyclic) bond motifs is 1. The van der Waals surface area contributed by atoms with Gasteiger partial charge in [0.1, 0.15) is 0 Å². The van der Waals surface area contributed by atoms with Crippen LogP contribution in [-0.4, -0.2) is 17.8 Å². The topological polar surface area (TPSA) is 29.1 Å². The third-order valence-electron chi connectivity index (χ3n) is 2.96. The minimum atomic E-state index is -0.0640. The molecule has 0 saturated carbocycles. The van der Waals surface area contributed by atoms with Crippen LogP contribution in [0.3, 0.4) is 0 Å². The van der Waals surface area contributed by atoms with Gasteiger partial charge in [0.15, 0.2) is 0 Å². The van der Waals surface area contributed by atoms with E-state index in [9.17, 15) is 4.79 Å². The van der Waals surface area contributed by atoms with Crippen molar-refractivity contribution >= 4 is 28.3 Å². The van der Waals surface area contributed by atoms with Crippen molar-refractivity contribution in [3.05, 3.63) is 48.0 Å². The molecular formula is C15H16ClNO. The van der Waals surface area contributed by atoms with Crippen LogP contribution in [0.1, 0.15) is 23.7 Å². The molecule has 0 radical (unpaired) electrons. The van der Waals surface area contributed by atoms with Gasteiger partial charge in [-0.1, -0.05) is 43.3 Å². The van der Waals surface area contributed by atoms with E-state index in [1.807, 2.05) is 49.4 Å². The molecule has 1 N–H and O–H groups in total. The van der Waals surface area contributed by atoms with Gasteiger partial charge in [-0.3, -0.25) is 4.79 Å². The van der Waals surface area contributed by atoms with Crippen LogP contribution >= 0.6 is 11.6 Å². The lowest BCUT2D eigenvalue weighted by Crippen LogP contribution is -2.29. The van der Waals surface area contributed by atoms with Crippen molar-refractivity contribution in [3.63, 3.8) is 0 Å². The number of alkyl halides is 1. The predicted molar refractivity (Wildman–Crippen MR) is 76.2 cm³/mol. The molecule has 1 amide bonds. The fraction of sp³-hybridized carbons (Fsp3) is 0.267. The first kappa shape index (κ1) is 12.9. The predicted octanol–water partition coefficient (Wildman–Crippen LogP) is 3.59. The third-order valence-corrected chi connectivity index (χ3v) is 3.42. The van der Waals surface area contributed by atoms with E-state index in [1.54, 1.807) is 0 Å². The zero-order chi connectivity index (χ0) is 13.0. The van der Waals surface area contributed by atoms with Gasteiger partial charge >= 0.3 is 0 Å². The van der Waals surface area contributed by atoms with Crippen LogP contribution in [0.4, 0.5) is 0 Å². The highest BCUT2D eigenvalue weighted by Gasteiger charge is 2.10. The summed E-state index contributed by atoms with van der Waals surface area (Å²) in [5.74, 6) is -0.0640. The maximum absolute atomic E-state index is 12.1. The van der Waals surface area contributed by atoms with Gasteiger partial charge in [0.2, 0.25) is 0 Å². The molecule has 1 unspecified atom stereocenters. The van der Waals surface area contributed by atoms with E-state index in [2.05, 4.69) is 5.32 Å². The largest absolute Gasteiger partial charge is 0.351 e. The fourth-order valence-electron chi connectivity index (χ4n) is 1.87. The van der Waals surface area contributed by atoms with Crippen molar-refractivity contribution in [3.8, 4) is 0 Å². The lowest BCUT2D eigenvalue weighted by Gasteiger charge is -2.10.